The zero-order valence-electron chi connectivity index (χ0n) is 19.5. The number of rotatable bonds is 7. The first-order valence-electron chi connectivity index (χ1n) is 11.7. The van der Waals surface area contributed by atoms with E-state index in [0.717, 1.165) is 41.7 Å². The van der Waals surface area contributed by atoms with E-state index in [1.54, 1.807) is 6.07 Å². The molecule has 1 saturated heterocycles. The number of aliphatic hydroxyl groups excluding tert-OH is 1. The van der Waals surface area contributed by atoms with Crippen LogP contribution in [-0.2, 0) is 27.2 Å². The molecule has 2 aromatic rings. The lowest BCUT2D eigenvalue weighted by Crippen LogP contribution is -2.33. The van der Waals surface area contributed by atoms with Crippen LogP contribution in [0.2, 0.25) is 0 Å². The smallest absolute Gasteiger partial charge is 0.295 e. The Morgan fingerprint density at radius 2 is 1.94 bits per heavy atom. The quantitative estimate of drug-likeness (QED) is 0.385. The molecule has 1 N–H and O–H groups in total. The largest absolute Gasteiger partial charge is 0.507 e. The van der Waals surface area contributed by atoms with E-state index < -0.39 is 17.7 Å². The molecule has 0 aromatic heterocycles. The van der Waals surface area contributed by atoms with Gasteiger partial charge in [-0.1, -0.05) is 31.2 Å². The lowest BCUT2D eigenvalue weighted by atomic mass is 9.93. The summed E-state index contributed by atoms with van der Waals surface area (Å²) in [5, 5.41) is 11.3. The summed E-state index contributed by atoms with van der Waals surface area (Å²) in [4.78, 5) is 27.7. The molecule has 2 aliphatic heterocycles. The van der Waals surface area contributed by atoms with E-state index in [2.05, 4.69) is 6.92 Å². The van der Waals surface area contributed by atoms with Crippen LogP contribution in [0.25, 0.3) is 5.76 Å². The third-order valence-electron chi connectivity index (χ3n) is 6.21. The molecule has 2 aromatic carbocycles. The van der Waals surface area contributed by atoms with Gasteiger partial charge in [0.15, 0.2) is 0 Å². The van der Waals surface area contributed by atoms with Gasteiger partial charge in [-0.2, -0.15) is 0 Å². The molecule has 33 heavy (non-hydrogen) atoms. The highest BCUT2D eigenvalue weighted by molar-refractivity contribution is 6.46. The molecule has 0 aliphatic carbocycles. The highest BCUT2D eigenvalue weighted by Gasteiger charge is 2.46. The van der Waals surface area contributed by atoms with Crippen LogP contribution in [0, 0.1) is 0 Å². The van der Waals surface area contributed by atoms with Gasteiger partial charge >= 0.3 is 0 Å². The summed E-state index contributed by atoms with van der Waals surface area (Å²) in [5.41, 5.74) is 3.58. The maximum absolute atomic E-state index is 13.1. The number of ether oxygens (including phenoxy) is 2. The van der Waals surface area contributed by atoms with E-state index in [1.165, 1.54) is 4.90 Å². The minimum atomic E-state index is -0.671. The van der Waals surface area contributed by atoms with Crippen LogP contribution in [0.3, 0.4) is 0 Å². The number of benzene rings is 2. The molecule has 174 valence electrons. The van der Waals surface area contributed by atoms with Gasteiger partial charge in [-0.3, -0.25) is 9.59 Å². The molecule has 0 saturated carbocycles. The first kappa shape index (κ1) is 23.1. The van der Waals surface area contributed by atoms with Crippen LogP contribution in [-0.4, -0.2) is 47.6 Å². The molecule has 6 heteroatoms. The molecule has 0 radical (unpaired) electrons. The summed E-state index contributed by atoms with van der Waals surface area (Å²) in [6, 6.07) is 12.6. The highest BCUT2D eigenvalue weighted by atomic mass is 16.5. The van der Waals surface area contributed by atoms with Crippen LogP contribution in [0.4, 0.5) is 0 Å². The van der Waals surface area contributed by atoms with E-state index in [0.29, 0.717) is 18.8 Å². The number of Topliss-reactive ketones (excluding diaryl/α,β-unsaturated/α-hetero) is 1. The molecule has 0 bridgehead atoms. The number of carbonyl (C=O) groups excluding carboxylic acids is 2. The first-order valence-corrected chi connectivity index (χ1v) is 11.7. The van der Waals surface area contributed by atoms with Gasteiger partial charge in [0, 0.05) is 12.1 Å². The van der Waals surface area contributed by atoms with Crippen LogP contribution >= 0.6 is 0 Å². The van der Waals surface area contributed by atoms with E-state index in [9.17, 15) is 14.7 Å². The summed E-state index contributed by atoms with van der Waals surface area (Å²) < 4.78 is 11.3. The Morgan fingerprint density at radius 3 is 2.64 bits per heavy atom. The average molecular weight is 450 g/mol. The Bertz CT molecular complexity index is 1070. The Morgan fingerprint density at radius 1 is 1.18 bits per heavy atom. The second-order valence-corrected chi connectivity index (χ2v) is 8.78. The lowest BCUT2D eigenvalue weighted by molar-refractivity contribution is -0.140. The van der Waals surface area contributed by atoms with E-state index in [4.69, 9.17) is 9.47 Å². The standard InChI is InChI=1S/C27H31NO5/c1-4-18-7-9-19(10-8-18)24-23(26(30)27(31)28(24)13-15-32-17(2)3)25(29)21-11-12-22-20(16-21)6-5-14-33-22/h7-12,16-17,24,29H,4-6,13-15H2,1-3H3/b25-23-. The molecule has 0 spiro atoms. The van der Waals surface area contributed by atoms with Crippen molar-refractivity contribution in [3.05, 3.63) is 70.3 Å². The predicted octanol–water partition coefficient (Wildman–Crippen LogP) is 4.42. The minimum Gasteiger partial charge on any atom is -0.507 e. The topological polar surface area (TPSA) is 76.1 Å². The van der Waals surface area contributed by atoms with Crippen molar-refractivity contribution in [1.82, 2.24) is 4.90 Å². The monoisotopic (exact) mass is 449 g/mol. The number of fused-ring (bicyclic) bond motifs is 1. The fraction of sp³-hybridized carbons (Fsp3) is 0.407. The number of aryl methyl sites for hydroxylation is 2. The molecular weight excluding hydrogens is 418 g/mol. The van der Waals surface area contributed by atoms with Crippen molar-refractivity contribution in [2.45, 2.75) is 52.2 Å². The van der Waals surface area contributed by atoms with Crippen molar-refractivity contribution >= 4 is 17.4 Å². The third kappa shape index (κ3) is 4.67. The summed E-state index contributed by atoms with van der Waals surface area (Å²) >= 11 is 0. The summed E-state index contributed by atoms with van der Waals surface area (Å²) in [6.45, 7) is 7.17. The van der Waals surface area contributed by atoms with E-state index in [-0.39, 0.29) is 24.0 Å². The van der Waals surface area contributed by atoms with Crippen LogP contribution < -0.4 is 4.74 Å². The molecule has 1 atom stereocenters. The van der Waals surface area contributed by atoms with Crippen molar-refractivity contribution < 1.29 is 24.2 Å². The molecule has 2 heterocycles. The van der Waals surface area contributed by atoms with Crippen molar-refractivity contribution in [3.8, 4) is 5.75 Å². The molecule has 1 amide bonds. The van der Waals surface area contributed by atoms with Gasteiger partial charge in [-0.25, -0.2) is 0 Å². The third-order valence-corrected chi connectivity index (χ3v) is 6.21. The SMILES string of the molecule is CCc1ccc(C2/C(=C(/O)c3ccc4c(c3)CCCO4)C(=O)C(=O)N2CCOC(C)C)cc1. The Hall–Kier alpha value is -3.12. The Balaban J connectivity index is 1.77. The van der Waals surface area contributed by atoms with Crippen LogP contribution in [0.1, 0.15) is 55.5 Å². The molecular formula is C27H31NO5. The number of likely N-dealkylation sites (tertiary alicyclic amines) is 1. The van der Waals surface area contributed by atoms with Gasteiger partial charge in [0.05, 0.1) is 30.9 Å². The molecule has 1 unspecified atom stereocenters. The molecule has 6 nitrogen and oxygen atoms in total. The van der Waals surface area contributed by atoms with Gasteiger partial charge in [0.1, 0.15) is 11.5 Å². The Kier molecular flexibility index (Phi) is 6.84. The van der Waals surface area contributed by atoms with Gasteiger partial charge < -0.3 is 19.5 Å². The zero-order valence-corrected chi connectivity index (χ0v) is 19.5. The second-order valence-electron chi connectivity index (χ2n) is 8.78. The van der Waals surface area contributed by atoms with E-state index in [1.807, 2.05) is 50.2 Å². The van der Waals surface area contributed by atoms with Gasteiger partial charge in [-0.15, -0.1) is 0 Å². The number of nitrogens with zero attached hydrogens (tertiary/aromatic N) is 1. The number of amides is 1. The second kappa shape index (κ2) is 9.79. The minimum absolute atomic E-state index is 0.0156. The average Bonchev–Trinajstić information content (AvgIpc) is 3.08. The normalized spacial score (nSPS) is 19.6. The number of hydrogen-bond donors (Lipinski definition) is 1. The molecule has 2 aliphatic rings. The summed E-state index contributed by atoms with van der Waals surface area (Å²) in [6.07, 6.45) is 2.65. The number of carbonyl (C=O) groups is 2. The number of aliphatic hydroxyl groups is 1. The maximum Gasteiger partial charge on any atom is 0.295 e. The van der Waals surface area contributed by atoms with E-state index >= 15 is 0 Å². The highest BCUT2D eigenvalue weighted by Crippen LogP contribution is 2.40. The summed E-state index contributed by atoms with van der Waals surface area (Å²) in [5.74, 6) is -0.639. The predicted molar refractivity (Wildman–Crippen MR) is 126 cm³/mol. The van der Waals surface area contributed by atoms with Crippen molar-refractivity contribution in [3.63, 3.8) is 0 Å². The lowest BCUT2D eigenvalue weighted by Gasteiger charge is -2.26. The van der Waals surface area contributed by atoms with Crippen LogP contribution in [0.5, 0.6) is 5.75 Å². The van der Waals surface area contributed by atoms with Gasteiger partial charge in [0.25, 0.3) is 11.7 Å². The van der Waals surface area contributed by atoms with Gasteiger partial charge in [0.2, 0.25) is 0 Å². The van der Waals surface area contributed by atoms with Crippen LogP contribution in [0.15, 0.2) is 48.0 Å². The summed E-state index contributed by atoms with van der Waals surface area (Å²) in [7, 11) is 0. The first-order chi connectivity index (χ1) is 15.9. The fourth-order valence-corrected chi connectivity index (χ4v) is 4.44. The number of hydrogen-bond acceptors (Lipinski definition) is 5. The van der Waals surface area contributed by atoms with Crippen molar-refractivity contribution in [2.75, 3.05) is 19.8 Å². The number of ketones is 1. The molecule has 4 rings (SSSR count). The van der Waals surface area contributed by atoms with Crippen molar-refractivity contribution in [2.24, 2.45) is 0 Å². The van der Waals surface area contributed by atoms with Gasteiger partial charge in [-0.05, 0) is 68.0 Å². The fourth-order valence-electron chi connectivity index (χ4n) is 4.44. The maximum atomic E-state index is 13.1. The molecule has 1 fully saturated rings. The van der Waals surface area contributed by atoms with Crippen molar-refractivity contribution in [1.29, 1.82) is 0 Å². The zero-order chi connectivity index (χ0) is 23.5. The Labute approximate surface area is 194 Å².